The summed E-state index contributed by atoms with van der Waals surface area (Å²) in [4.78, 5) is 22.9. The predicted octanol–water partition coefficient (Wildman–Crippen LogP) is 4.32. The number of nitrogens with one attached hydrogen (secondary N) is 1. The zero-order chi connectivity index (χ0) is 22.7. The number of hydrogen-bond donors (Lipinski definition) is 1. The van der Waals surface area contributed by atoms with Crippen molar-refractivity contribution < 1.29 is 19.0 Å². The normalized spacial score (nSPS) is 14.8. The van der Waals surface area contributed by atoms with Crippen molar-refractivity contribution in [3.8, 4) is 17.2 Å². The number of rotatable bonds is 6. The summed E-state index contributed by atoms with van der Waals surface area (Å²) in [6.07, 6.45) is 5.16. The highest BCUT2D eigenvalue weighted by Crippen LogP contribution is 2.38. The Morgan fingerprint density at radius 3 is 2.38 bits per heavy atom. The van der Waals surface area contributed by atoms with Crippen LogP contribution < -0.4 is 14.2 Å². The zero-order valence-electron chi connectivity index (χ0n) is 19.0. The third kappa shape index (κ3) is 4.42. The van der Waals surface area contributed by atoms with Gasteiger partial charge < -0.3 is 24.1 Å². The lowest BCUT2D eigenvalue weighted by Gasteiger charge is -2.30. The lowest BCUT2D eigenvalue weighted by atomic mass is 9.96. The molecule has 0 unspecified atom stereocenters. The number of H-pyrrole nitrogens is 1. The molecule has 0 spiro atoms. The van der Waals surface area contributed by atoms with E-state index in [1.54, 1.807) is 33.5 Å². The largest absolute Gasteiger partial charge is 0.493 e. The van der Waals surface area contributed by atoms with Crippen LogP contribution in [0.25, 0.3) is 17.1 Å². The van der Waals surface area contributed by atoms with Crippen LogP contribution in [-0.4, -0.2) is 55.2 Å². The second kappa shape index (κ2) is 9.34. The lowest BCUT2D eigenvalue weighted by Crippen LogP contribution is -2.37. The van der Waals surface area contributed by atoms with Crippen LogP contribution in [0, 0.1) is 6.92 Å². The Labute approximate surface area is 188 Å². The van der Waals surface area contributed by atoms with Gasteiger partial charge in [0.2, 0.25) is 11.7 Å². The highest BCUT2D eigenvalue weighted by molar-refractivity contribution is 5.92. The van der Waals surface area contributed by atoms with E-state index in [0.29, 0.717) is 36.3 Å². The smallest absolute Gasteiger partial charge is 0.246 e. The number of amides is 1. The first kappa shape index (κ1) is 21.7. The molecule has 0 bridgehead atoms. The molecule has 0 saturated carbocycles. The van der Waals surface area contributed by atoms with Crippen LogP contribution >= 0.6 is 0 Å². The molecule has 1 aliphatic heterocycles. The minimum atomic E-state index is -0.00238. The van der Waals surface area contributed by atoms with Gasteiger partial charge in [-0.1, -0.05) is 6.07 Å². The minimum absolute atomic E-state index is 0.00238. The van der Waals surface area contributed by atoms with E-state index in [4.69, 9.17) is 19.2 Å². The molecule has 2 heterocycles. The van der Waals surface area contributed by atoms with Crippen molar-refractivity contribution >= 4 is 23.0 Å². The van der Waals surface area contributed by atoms with E-state index in [0.717, 1.165) is 35.3 Å². The molecule has 0 aliphatic carbocycles. The van der Waals surface area contributed by atoms with Gasteiger partial charge in [0, 0.05) is 25.1 Å². The van der Waals surface area contributed by atoms with Crippen molar-refractivity contribution in [2.45, 2.75) is 25.7 Å². The summed E-state index contributed by atoms with van der Waals surface area (Å²) in [5, 5.41) is 0. The SMILES string of the molecule is COc1cc(/C=C/C(=O)N2CCC(c3nc4ccc(C)cc4[nH]3)CC2)cc(OC)c1OC. The van der Waals surface area contributed by atoms with Crippen molar-refractivity contribution in [3.63, 3.8) is 0 Å². The first-order chi connectivity index (χ1) is 15.5. The van der Waals surface area contributed by atoms with Gasteiger partial charge in [-0.05, 0) is 61.2 Å². The van der Waals surface area contributed by atoms with Crippen molar-refractivity contribution in [1.29, 1.82) is 0 Å². The number of aromatic amines is 1. The fourth-order valence-electron chi connectivity index (χ4n) is 4.18. The number of aryl methyl sites for hydroxylation is 1. The summed E-state index contributed by atoms with van der Waals surface area (Å²) in [6.45, 7) is 3.49. The van der Waals surface area contributed by atoms with Crippen LogP contribution in [0.4, 0.5) is 0 Å². The number of aromatic nitrogens is 2. The molecule has 7 heteroatoms. The number of nitrogens with zero attached hydrogens (tertiary/aromatic N) is 2. The first-order valence-corrected chi connectivity index (χ1v) is 10.8. The fourth-order valence-corrected chi connectivity index (χ4v) is 4.18. The summed E-state index contributed by atoms with van der Waals surface area (Å²) in [7, 11) is 4.71. The predicted molar refractivity (Wildman–Crippen MR) is 125 cm³/mol. The van der Waals surface area contributed by atoms with Gasteiger partial charge in [-0.15, -0.1) is 0 Å². The average molecular weight is 436 g/mol. The number of carbonyl (C=O) groups is 1. The number of methoxy groups -OCH3 is 3. The monoisotopic (exact) mass is 435 g/mol. The average Bonchev–Trinajstić information content (AvgIpc) is 3.25. The minimum Gasteiger partial charge on any atom is -0.493 e. The maximum absolute atomic E-state index is 12.8. The van der Waals surface area contributed by atoms with Gasteiger partial charge in [-0.3, -0.25) is 4.79 Å². The number of hydrogen-bond acceptors (Lipinski definition) is 5. The molecule has 168 valence electrons. The van der Waals surface area contributed by atoms with E-state index >= 15 is 0 Å². The molecule has 1 aliphatic rings. The van der Waals surface area contributed by atoms with E-state index in [-0.39, 0.29) is 5.91 Å². The molecule has 2 aromatic carbocycles. The Kier molecular flexibility index (Phi) is 6.35. The summed E-state index contributed by atoms with van der Waals surface area (Å²) < 4.78 is 16.1. The van der Waals surface area contributed by atoms with E-state index in [9.17, 15) is 4.79 Å². The summed E-state index contributed by atoms with van der Waals surface area (Å²) in [5.41, 5.74) is 4.09. The van der Waals surface area contributed by atoms with Gasteiger partial charge in [0.05, 0.1) is 32.4 Å². The third-order valence-electron chi connectivity index (χ3n) is 5.95. The topological polar surface area (TPSA) is 76.7 Å². The number of carbonyl (C=O) groups excluding carboxylic acids is 1. The molecular formula is C25H29N3O4. The summed E-state index contributed by atoms with van der Waals surface area (Å²) in [5.74, 6) is 3.00. The second-order valence-corrected chi connectivity index (χ2v) is 8.03. The van der Waals surface area contributed by atoms with E-state index in [1.165, 1.54) is 5.56 Å². The third-order valence-corrected chi connectivity index (χ3v) is 5.95. The number of fused-ring (bicyclic) bond motifs is 1. The van der Waals surface area contributed by atoms with Gasteiger partial charge in [-0.25, -0.2) is 4.98 Å². The van der Waals surface area contributed by atoms with Crippen molar-refractivity contribution in [2.75, 3.05) is 34.4 Å². The Morgan fingerprint density at radius 1 is 1.06 bits per heavy atom. The Balaban J connectivity index is 1.40. The molecule has 1 saturated heterocycles. The lowest BCUT2D eigenvalue weighted by molar-refractivity contribution is -0.127. The van der Waals surface area contributed by atoms with Crippen LogP contribution in [0.5, 0.6) is 17.2 Å². The molecule has 3 aromatic rings. The molecule has 7 nitrogen and oxygen atoms in total. The first-order valence-electron chi connectivity index (χ1n) is 10.8. The molecule has 0 radical (unpaired) electrons. The fraction of sp³-hybridized carbons (Fsp3) is 0.360. The number of ether oxygens (including phenoxy) is 3. The number of likely N-dealkylation sites (tertiary alicyclic amines) is 1. The van der Waals surface area contributed by atoms with Crippen LogP contribution in [0.3, 0.4) is 0 Å². The highest BCUT2D eigenvalue weighted by Gasteiger charge is 2.25. The van der Waals surface area contributed by atoms with Gasteiger partial charge in [0.25, 0.3) is 0 Å². The Hall–Kier alpha value is -3.48. The maximum Gasteiger partial charge on any atom is 0.246 e. The zero-order valence-corrected chi connectivity index (χ0v) is 19.0. The van der Waals surface area contributed by atoms with Crippen LogP contribution in [0.2, 0.25) is 0 Å². The van der Waals surface area contributed by atoms with E-state index in [2.05, 4.69) is 30.1 Å². The molecule has 1 amide bonds. The Morgan fingerprint density at radius 2 is 1.75 bits per heavy atom. The molecule has 1 fully saturated rings. The summed E-state index contributed by atoms with van der Waals surface area (Å²) in [6, 6.07) is 9.89. The highest BCUT2D eigenvalue weighted by atomic mass is 16.5. The van der Waals surface area contributed by atoms with Crippen molar-refractivity contribution in [3.05, 3.63) is 53.4 Å². The second-order valence-electron chi connectivity index (χ2n) is 8.03. The molecular weight excluding hydrogens is 406 g/mol. The molecule has 4 rings (SSSR count). The standard InChI is InChI=1S/C25H29N3O4/c1-16-5-7-19-20(13-16)27-25(26-19)18-9-11-28(12-10-18)23(29)8-6-17-14-21(30-2)24(32-4)22(15-17)31-3/h5-8,13-15,18H,9-12H2,1-4H3,(H,26,27)/b8-6+. The number of benzene rings is 2. The maximum atomic E-state index is 12.8. The van der Waals surface area contributed by atoms with Crippen LogP contribution in [-0.2, 0) is 4.79 Å². The van der Waals surface area contributed by atoms with Gasteiger partial charge in [0.15, 0.2) is 11.5 Å². The van der Waals surface area contributed by atoms with Crippen LogP contribution in [0.1, 0.15) is 35.7 Å². The van der Waals surface area contributed by atoms with Crippen molar-refractivity contribution in [2.24, 2.45) is 0 Å². The van der Waals surface area contributed by atoms with Gasteiger partial charge in [0.1, 0.15) is 5.82 Å². The molecule has 1 N–H and O–H groups in total. The summed E-state index contributed by atoms with van der Waals surface area (Å²) >= 11 is 0. The van der Waals surface area contributed by atoms with Crippen molar-refractivity contribution in [1.82, 2.24) is 14.9 Å². The Bertz CT molecular complexity index is 1120. The van der Waals surface area contributed by atoms with Gasteiger partial charge in [-0.2, -0.15) is 0 Å². The molecule has 0 atom stereocenters. The number of piperidine rings is 1. The molecule has 1 aromatic heterocycles. The number of imidazole rings is 1. The van der Waals surface area contributed by atoms with Crippen LogP contribution in [0.15, 0.2) is 36.4 Å². The quantitative estimate of drug-likeness (QED) is 0.584. The molecule has 32 heavy (non-hydrogen) atoms. The van der Waals surface area contributed by atoms with E-state index in [1.807, 2.05) is 17.0 Å². The van der Waals surface area contributed by atoms with E-state index < -0.39 is 0 Å². The van der Waals surface area contributed by atoms with Gasteiger partial charge >= 0.3 is 0 Å².